The molecular weight excluding hydrogens is 297 g/mol. The second-order valence-corrected chi connectivity index (χ2v) is 4.99. The zero-order valence-electron chi connectivity index (χ0n) is 10.6. The van der Waals surface area contributed by atoms with Gasteiger partial charge in [-0.2, -0.15) is 0 Å². The maximum atomic E-state index is 11.6. The van der Waals surface area contributed by atoms with E-state index in [0.717, 1.165) is 12.0 Å². The molecule has 0 aliphatic carbocycles. The second-order valence-electron chi connectivity index (χ2n) is 4.12. The van der Waals surface area contributed by atoms with Gasteiger partial charge < -0.3 is 5.32 Å². The molecule has 2 aromatic rings. The molecule has 0 saturated heterocycles. The standard InChI is InChI=1S/C14H13Cl2N3O/c15-11-3-1-10(2-4-11)5-7-18-14(20)19-13-9-12(16)6-8-17-13/h1-4,6,8-9H,5,7H2,(H2,17,18,19,20). The molecule has 0 unspecified atom stereocenters. The lowest BCUT2D eigenvalue weighted by Gasteiger charge is -2.07. The average Bonchev–Trinajstić information content (AvgIpc) is 2.41. The highest BCUT2D eigenvalue weighted by molar-refractivity contribution is 6.31. The van der Waals surface area contributed by atoms with Crippen molar-refractivity contribution >= 4 is 35.1 Å². The Morgan fingerprint density at radius 2 is 1.85 bits per heavy atom. The van der Waals surface area contributed by atoms with E-state index < -0.39 is 0 Å². The van der Waals surface area contributed by atoms with Gasteiger partial charge in [0.2, 0.25) is 0 Å². The van der Waals surface area contributed by atoms with Crippen molar-refractivity contribution in [3.63, 3.8) is 0 Å². The molecule has 0 fully saturated rings. The van der Waals surface area contributed by atoms with Crippen LogP contribution in [0.2, 0.25) is 10.0 Å². The Bertz CT molecular complexity index is 587. The summed E-state index contributed by atoms with van der Waals surface area (Å²) in [4.78, 5) is 15.6. The topological polar surface area (TPSA) is 54.0 Å². The Balaban J connectivity index is 1.76. The predicted octanol–water partition coefficient (Wildman–Crippen LogP) is 3.75. The Hall–Kier alpha value is -1.78. The number of urea groups is 1. The molecule has 0 spiro atoms. The first-order valence-electron chi connectivity index (χ1n) is 6.04. The summed E-state index contributed by atoms with van der Waals surface area (Å²) in [5.74, 6) is 0.418. The summed E-state index contributed by atoms with van der Waals surface area (Å²) in [7, 11) is 0. The highest BCUT2D eigenvalue weighted by atomic mass is 35.5. The quantitative estimate of drug-likeness (QED) is 0.903. The number of pyridine rings is 1. The van der Waals surface area contributed by atoms with Crippen LogP contribution in [-0.2, 0) is 6.42 Å². The fourth-order valence-corrected chi connectivity index (χ4v) is 1.89. The van der Waals surface area contributed by atoms with Crippen LogP contribution in [0.4, 0.5) is 10.6 Å². The van der Waals surface area contributed by atoms with Crippen LogP contribution in [-0.4, -0.2) is 17.6 Å². The number of hydrogen-bond acceptors (Lipinski definition) is 2. The van der Waals surface area contributed by atoms with E-state index in [1.54, 1.807) is 12.1 Å². The minimum Gasteiger partial charge on any atom is -0.337 e. The Kier molecular flexibility index (Phi) is 5.21. The van der Waals surface area contributed by atoms with Crippen LogP contribution in [0.25, 0.3) is 0 Å². The molecule has 0 aliphatic heterocycles. The maximum absolute atomic E-state index is 11.6. The van der Waals surface area contributed by atoms with Crippen LogP contribution in [0.15, 0.2) is 42.6 Å². The van der Waals surface area contributed by atoms with Gasteiger partial charge in [-0.05, 0) is 36.2 Å². The first-order valence-corrected chi connectivity index (χ1v) is 6.80. The molecule has 2 amide bonds. The van der Waals surface area contributed by atoms with Gasteiger partial charge in [-0.3, -0.25) is 5.32 Å². The third-order valence-corrected chi connectivity index (χ3v) is 3.06. The number of aromatic nitrogens is 1. The fraction of sp³-hybridized carbons (Fsp3) is 0.143. The molecule has 6 heteroatoms. The minimum absolute atomic E-state index is 0.311. The van der Waals surface area contributed by atoms with Crippen molar-refractivity contribution in [3.8, 4) is 0 Å². The zero-order chi connectivity index (χ0) is 14.4. The van der Waals surface area contributed by atoms with Crippen molar-refractivity contribution in [2.24, 2.45) is 0 Å². The second kappa shape index (κ2) is 7.12. The fourth-order valence-electron chi connectivity index (χ4n) is 1.61. The summed E-state index contributed by atoms with van der Waals surface area (Å²) in [6.07, 6.45) is 2.26. The number of carbonyl (C=O) groups is 1. The van der Waals surface area contributed by atoms with E-state index in [1.165, 1.54) is 6.20 Å². The van der Waals surface area contributed by atoms with Crippen LogP contribution in [0.1, 0.15) is 5.56 Å². The molecule has 0 aliphatic rings. The lowest BCUT2D eigenvalue weighted by molar-refractivity contribution is 0.252. The molecule has 1 aromatic heterocycles. The number of rotatable bonds is 4. The van der Waals surface area contributed by atoms with Gasteiger partial charge in [-0.1, -0.05) is 35.3 Å². The lowest BCUT2D eigenvalue weighted by Crippen LogP contribution is -2.30. The van der Waals surface area contributed by atoms with E-state index in [2.05, 4.69) is 15.6 Å². The minimum atomic E-state index is -0.311. The summed E-state index contributed by atoms with van der Waals surface area (Å²) < 4.78 is 0. The first kappa shape index (κ1) is 14.6. The van der Waals surface area contributed by atoms with E-state index in [9.17, 15) is 4.79 Å². The largest absolute Gasteiger partial charge is 0.337 e. The number of carbonyl (C=O) groups excluding carboxylic acids is 1. The molecule has 0 bridgehead atoms. The van der Waals surface area contributed by atoms with Crippen LogP contribution >= 0.6 is 23.2 Å². The van der Waals surface area contributed by atoms with Gasteiger partial charge in [0.1, 0.15) is 5.82 Å². The molecule has 2 rings (SSSR count). The lowest BCUT2D eigenvalue weighted by atomic mass is 10.1. The van der Waals surface area contributed by atoms with E-state index in [0.29, 0.717) is 22.4 Å². The van der Waals surface area contributed by atoms with Crippen molar-refractivity contribution < 1.29 is 4.79 Å². The van der Waals surface area contributed by atoms with Crippen molar-refractivity contribution in [2.75, 3.05) is 11.9 Å². The molecule has 20 heavy (non-hydrogen) atoms. The predicted molar refractivity (Wildman–Crippen MR) is 81.4 cm³/mol. The number of nitrogens with zero attached hydrogens (tertiary/aromatic N) is 1. The van der Waals surface area contributed by atoms with Gasteiger partial charge in [0, 0.05) is 22.8 Å². The number of anilines is 1. The van der Waals surface area contributed by atoms with Crippen LogP contribution in [0, 0.1) is 0 Å². The zero-order valence-corrected chi connectivity index (χ0v) is 12.1. The third kappa shape index (κ3) is 4.72. The third-order valence-electron chi connectivity index (χ3n) is 2.58. The number of benzene rings is 1. The first-order chi connectivity index (χ1) is 9.63. The van der Waals surface area contributed by atoms with Gasteiger partial charge in [-0.25, -0.2) is 9.78 Å². The van der Waals surface area contributed by atoms with E-state index in [4.69, 9.17) is 23.2 Å². The molecule has 104 valence electrons. The Morgan fingerprint density at radius 3 is 2.55 bits per heavy atom. The summed E-state index contributed by atoms with van der Waals surface area (Å²) in [5.41, 5.74) is 1.11. The van der Waals surface area contributed by atoms with Crippen LogP contribution in [0.5, 0.6) is 0 Å². The van der Waals surface area contributed by atoms with Gasteiger partial charge in [-0.15, -0.1) is 0 Å². The summed E-state index contributed by atoms with van der Waals surface area (Å²) in [5, 5.41) is 6.58. The maximum Gasteiger partial charge on any atom is 0.320 e. The van der Waals surface area contributed by atoms with Crippen molar-refractivity contribution in [1.29, 1.82) is 0 Å². The SMILES string of the molecule is O=C(NCCc1ccc(Cl)cc1)Nc1cc(Cl)ccn1. The Labute approximate surface area is 127 Å². The van der Waals surface area contributed by atoms with E-state index >= 15 is 0 Å². The molecular formula is C14H13Cl2N3O. The molecule has 0 saturated carbocycles. The van der Waals surface area contributed by atoms with E-state index in [1.807, 2.05) is 24.3 Å². The number of nitrogens with one attached hydrogen (secondary N) is 2. The van der Waals surface area contributed by atoms with Crippen LogP contribution in [0.3, 0.4) is 0 Å². The summed E-state index contributed by atoms with van der Waals surface area (Å²) in [6.45, 7) is 0.522. The molecule has 1 heterocycles. The van der Waals surface area contributed by atoms with Gasteiger partial charge >= 0.3 is 6.03 Å². The normalized spacial score (nSPS) is 10.1. The van der Waals surface area contributed by atoms with Crippen molar-refractivity contribution in [1.82, 2.24) is 10.3 Å². The number of amides is 2. The molecule has 4 nitrogen and oxygen atoms in total. The molecule has 0 atom stereocenters. The summed E-state index contributed by atoms with van der Waals surface area (Å²) >= 11 is 11.6. The summed E-state index contributed by atoms with van der Waals surface area (Å²) in [6, 6.07) is 10.4. The number of hydrogen-bond donors (Lipinski definition) is 2. The van der Waals surface area contributed by atoms with Crippen molar-refractivity contribution in [2.45, 2.75) is 6.42 Å². The van der Waals surface area contributed by atoms with Gasteiger partial charge in [0.05, 0.1) is 0 Å². The molecule has 1 aromatic carbocycles. The van der Waals surface area contributed by atoms with Gasteiger partial charge in [0.15, 0.2) is 0 Å². The number of halogens is 2. The van der Waals surface area contributed by atoms with Crippen LogP contribution < -0.4 is 10.6 Å². The Morgan fingerprint density at radius 1 is 1.10 bits per heavy atom. The van der Waals surface area contributed by atoms with Crippen molar-refractivity contribution in [3.05, 3.63) is 58.2 Å². The monoisotopic (exact) mass is 309 g/mol. The smallest absolute Gasteiger partial charge is 0.320 e. The highest BCUT2D eigenvalue weighted by Gasteiger charge is 2.02. The van der Waals surface area contributed by atoms with E-state index in [-0.39, 0.29) is 6.03 Å². The molecule has 0 radical (unpaired) electrons. The average molecular weight is 310 g/mol. The highest BCUT2D eigenvalue weighted by Crippen LogP contribution is 2.11. The van der Waals surface area contributed by atoms with Gasteiger partial charge in [0.25, 0.3) is 0 Å². The molecule has 2 N–H and O–H groups in total.